The van der Waals surface area contributed by atoms with Crippen molar-refractivity contribution in [3.8, 4) is 0 Å². The first-order chi connectivity index (χ1) is 6.87. The maximum atomic E-state index is 11.2. The van der Waals surface area contributed by atoms with E-state index >= 15 is 0 Å². The van der Waals surface area contributed by atoms with E-state index in [4.69, 9.17) is 20.8 Å². The Morgan fingerprint density at radius 2 is 2.33 bits per heavy atom. The predicted molar refractivity (Wildman–Crippen MR) is 54.6 cm³/mol. The van der Waals surface area contributed by atoms with E-state index < -0.39 is 11.7 Å². The number of oxazole rings is 1. The highest BCUT2D eigenvalue weighted by Gasteiger charge is 2.16. The normalized spacial score (nSPS) is 11.2. The zero-order valence-corrected chi connectivity index (χ0v) is 9.59. The van der Waals surface area contributed by atoms with Gasteiger partial charge in [0, 0.05) is 0 Å². The van der Waals surface area contributed by atoms with Crippen molar-refractivity contribution in [1.82, 2.24) is 10.3 Å². The fourth-order valence-corrected chi connectivity index (χ4v) is 0.993. The van der Waals surface area contributed by atoms with E-state index in [-0.39, 0.29) is 11.9 Å². The molecule has 15 heavy (non-hydrogen) atoms. The van der Waals surface area contributed by atoms with Gasteiger partial charge in [-0.1, -0.05) is 0 Å². The van der Waals surface area contributed by atoms with Crippen LogP contribution in [0.1, 0.15) is 26.5 Å². The molecule has 0 fully saturated rings. The van der Waals surface area contributed by atoms with Crippen LogP contribution in [0.5, 0.6) is 0 Å². The van der Waals surface area contributed by atoms with Gasteiger partial charge in [0.1, 0.15) is 11.9 Å². The van der Waals surface area contributed by atoms with Gasteiger partial charge < -0.3 is 14.5 Å². The largest absolute Gasteiger partial charge is 0.444 e. The Morgan fingerprint density at radius 3 is 2.80 bits per heavy atom. The van der Waals surface area contributed by atoms with Crippen LogP contribution in [0, 0.1) is 0 Å². The number of amides is 1. The topological polar surface area (TPSA) is 64.4 Å². The van der Waals surface area contributed by atoms with Gasteiger partial charge in [-0.2, -0.15) is 0 Å². The SMILES string of the molecule is CC(C)(C)OC(=O)NCc1coc(Cl)n1. The van der Waals surface area contributed by atoms with Gasteiger partial charge in [0.05, 0.1) is 12.2 Å². The second-order valence-electron chi connectivity index (χ2n) is 3.95. The summed E-state index contributed by atoms with van der Waals surface area (Å²) in [5.74, 6) is 0. The molecule has 0 saturated heterocycles. The number of hydrogen-bond acceptors (Lipinski definition) is 4. The minimum Gasteiger partial charge on any atom is -0.444 e. The molecule has 5 nitrogen and oxygen atoms in total. The van der Waals surface area contributed by atoms with E-state index in [2.05, 4.69) is 10.3 Å². The van der Waals surface area contributed by atoms with Crippen molar-refractivity contribution in [2.75, 3.05) is 0 Å². The van der Waals surface area contributed by atoms with Crippen molar-refractivity contribution >= 4 is 17.7 Å². The summed E-state index contributed by atoms with van der Waals surface area (Å²) in [5, 5.41) is 2.58. The summed E-state index contributed by atoms with van der Waals surface area (Å²) in [6.45, 7) is 5.60. The Labute approximate surface area is 92.8 Å². The molecule has 6 heteroatoms. The van der Waals surface area contributed by atoms with Gasteiger partial charge in [0.15, 0.2) is 0 Å². The number of hydrogen-bond donors (Lipinski definition) is 1. The van der Waals surface area contributed by atoms with Gasteiger partial charge in [-0.3, -0.25) is 0 Å². The zero-order chi connectivity index (χ0) is 11.5. The summed E-state index contributed by atoms with van der Waals surface area (Å²) in [4.78, 5) is 15.0. The van der Waals surface area contributed by atoms with Crippen molar-refractivity contribution in [2.45, 2.75) is 32.9 Å². The molecule has 0 aliphatic heterocycles. The molecule has 0 aliphatic rings. The standard InChI is InChI=1S/C9H13ClN2O3/c1-9(2,3)15-8(13)11-4-6-5-14-7(10)12-6/h5H,4H2,1-3H3,(H,11,13). The number of alkyl carbamates (subject to hydrolysis) is 1. The molecule has 0 spiro atoms. The first kappa shape index (κ1) is 11.8. The Kier molecular flexibility index (Phi) is 3.57. The maximum absolute atomic E-state index is 11.2. The first-order valence-electron chi connectivity index (χ1n) is 4.43. The maximum Gasteiger partial charge on any atom is 0.407 e. The van der Waals surface area contributed by atoms with E-state index in [9.17, 15) is 4.79 Å². The second-order valence-corrected chi connectivity index (χ2v) is 4.27. The Balaban J connectivity index is 2.35. The molecule has 0 bridgehead atoms. The molecule has 0 atom stereocenters. The van der Waals surface area contributed by atoms with Crippen LogP contribution in [-0.2, 0) is 11.3 Å². The smallest absolute Gasteiger partial charge is 0.407 e. The highest BCUT2D eigenvalue weighted by atomic mass is 35.5. The number of aromatic nitrogens is 1. The summed E-state index contributed by atoms with van der Waals surface area (Å²) in [7, 11) is 0. The van der Waals surface area contributed by atoms with Crippen LogP contribution in [0.3, 0.4) is 0 Å². The summed E-state index contributed by atoms with van der Waals surface area (Å²) in [6, 6.07) is 0. The van der Waals surface area contributed by atoms with Gasteiger partial charge >= 0.3 is 6.09 Å². The number of nitrogens with zero attached hydrogens (tertiary/aromatic N) is 1. The monoisotopic (exact) mass is 232 g/mol. The average molecular weight is 233 g/mol. The number of halogens is 1. The minimum absolute atomic E-state index is 0.0518. The van der Waals surface area contributed by atoms with E-state index in [1.165, 1.54) is 6.26 Å². The molecular weight excluding hydrogens is 220 g/mol. The lowest BCUT2D eigenvalue weighted by molar-refractivity contribution is 0.0523. The molecule has 1 aromatic rings. The number of carbonyl (C=O) groups is 1. The Hall–Kier alpha value is -1.23. The Bertz CT molecular complexity index is 343. The second kappa shape index (κ2) is 4.53. The lowest BCUT2D eigenvalue weighted by Crippen LogP contribution is -2.32. The highest BCUT2D eigenvalue weighted by Crippen LogP contribution is 2.08. The van der Waals surface area contributed by atoms with E-state index in [0.717, 1.165) is 0 Å². The third-order valence-corrected chi connectivity index (χ3v) is 1.51. The van der Waals surface area contributed by atoms with Crippen molar-refractivity contribution in [3.63, 3.8) is 0 Å². The average Bonchev–Trinajstić information content (AvgIpc) is 2.45. The molecule has 1 amide bonds. The molecule has 84 valence electrons. The molecule has 1 N–H and O–H groups in total. The summed E-state index contributed by atoms with van der Waals surface area (Å²) in [6.07, 6.45) is 0.876. The van der Waals surface area contributed by atoms with E-state index in [0.29, 0.717) is 5.69 Å². The third kappa shape index (κ3) is 4.69. The van der Waals surface area contributed by atoms with Crippen LogP contribution in [0.4, 0.5) is 4.79 Å². The zero-order valence-electron chi connectivity index (χ0n) is 8.83. The molecule has 1 rings (SSSR count). The number of nitrogens with one attached hydrogen (secondary N) is 1. The molecule has 0 radical (unpaired) electrons. The van der Waals surface area contributed by atoms with Gasteiger partial charge in [-0.05, 0) is 32.4 Å². The summed E-state index contributed by atoms with van der Waals surface area (Å²) in [5.41, 5.74) is 0.0387. The van der Waals surface area contributed by atoms with Gasteiger partial charge in [-0.15, -0.1) is 0 Å². The molecule has 0 saturated carbocycles. The minimum atomic E-state index is -0.508. The number of rotatable bonds is 2. The van der Waals surface area contributed by atoms with Crippen LogP contribution in [-0.4, -0.2) is 16.7 Å². The van der Waals surface area contributed by atoms with Crippen LogP contribution < -0.4 is 5.32 Å². The van der Waals surface area contributed by atoms with Crippen molar-refractivity contribution in [3.05, 3.63) is 17.3 Å². The molecule has 0 aromatic carbocycles. The lowest BCUT2D eigenvalue weighted by Gasteiger charge is -2.19. The molecule has 1 aromatic heterocycles. The quantitative estimate of drug-likeness (QED) is 0.850. The van der Waals surface area contributed by atoms with Gasteiger partial charge in [0.25, 0.3) is 5.35 Å². The van der Waals surface area contributed by atoms with E-state index in [1.807, 2.05) is 0 Å². The van der Waals surface area contributed by atoms with Crippen LogP contribution in [0.2, 0.25) is 5.35 Å². The lowest BCUT2D eigenvalue weighted by atomic mass is 10.2. The molecule has 1 heterocycles. The van der Waals surface area contributed by atoms with Crippen molar-refractivity contribution in [1.29, 1.82) is 0 Å². The van der Waals surface area contributed by atoms with Gasteiger partial charge in [0.2, 0.25) is 0 Å². The van der Waals surface area contributed by atoms with Crippen molar-refractivity contribution < 1.29 is 13.9 Å². The highest BCUT2D eigenvalue weighted by molar-refractivity contribution is 6.27. The molecular formula is C9H13ClN2O3. The van der Waals surface area contributed by atoms with Crippen molar-refractivity contribution in [2.24, 2.45) is 0 Å². The number of carbonyl (C=O) groups excluding carboxylic acids is 1. The predicted octanol–water partition coefficient (Wildman–Crippen LogP) is 2.35. The van der Waals surface area contributed by atoms with E-state index in [1.54, 1.807) is 20.8 Å². The molecule has 0 aliphatic carbocycles. The Morgan fingerprint density at radius 1 is 1.67 bits per heavy atom. The summed E-state index contributed by atoms with van der Waals surface area (Å²) >= 11 is 5.46. The summed E-state index contributed by atoms with van der Waals surface area (Å²) < 4.78 is 9.78. The van der Waals surface area contributed by atoms with Crippen LogP contribution in [0.15, 0.2) is 10.7 Å². The van der Waals surface area contributed by atoms with Gasteiger partial charge in [-0.25, -0.2) is 9.78 Å². The van der Waals surface area contributed by atoms with Crippen LogP contribution >= 0.6 is 11.6 Å². The fraction of sp³-hybridized carbons (Fsp3) is 0.556. The molecule has 0 unspecified atom stereocenters. The fourth-order valence-electron chi connectivity index (χ4n) is 0.840. The third-order valence-electron chi connectivity index (χ3n) is 1.34. The number of ether oxygens (including phenoxy) is 1. The van der Waals surface area contributed by atoms with Crippen LogP contribution in [0.25, 0.3) is 0 Å². The first-order valence-corrected chi connectivity index (χ1v) is 4.81.